The molecule has 4 rings (SSSR count). The number of benzene rings is 2. The molecular formula is C20H16N2O6. The topological polar surface area (TPSA) is 107 Å². The molecule has 8 nitrogen and oxygen atoms in total. The average Bonchev–Trinajstić information content (AvgIpc) is 3.15. The summed E-state index contributed by atoms with van der Waals surface area (Å²) in [6, 6.07) is 13.0. The van der Waals surface area contributed by atoms with E-state index in [4.69, 9.17) is 14.2 Å². The third-order valence-corrected chi connectivity index (χ3v) is 4.26. The van der Waals surface area contributed by atoms with Gasteiger partial charge in [-0.3, -0.25) is 9.59 Å². The van der Waals surface area contributed by atoms with E-state index in [1.807, 2.05) is 0 Å². The van der Waals surface area contributed by atoms with Gasteiger partial charge in [-0.2, -0.15) is 0 Å². The van der Waals surface area contributed by atoms with Crippen LogP contribution in [0.5, 0.6) is 11.5 Å². The van der Waals surface area contributed by atoms with Crippen LogP contribution in [-0.4, -0.2) is 29.8 Å². The smallest absolute Gasteiger partial charge is 0.339 e. The fraction of sp³-hybridized carbons (Fsp3) is 0.150. The third-order valence-electron chi connectivity index (χ3n) is 4.26. The number of pyridine rings is 1. The molecule has 0 aliphatic carbocycles. The molecule has 2 N–H and O–H groups in total. The second-order valence-electron chi connectivity index (χ2n) is 6.20. The third kappa shape index (κ3) is 3.39. The molecule has 0 saturated carbocycles. The van der Waals surface area contributed by atoms with E-state index in [1.54, 1.807) is 42.5 Å². The zero-order valence-electron chi connectivity index (χ0n) is 14.9. The summed E-state index contributed by atoms with van der Waals surface area (Å²) in [5, 5.41) is 3.19. The molecule has 0 saturated heterocycles. The monoisotopic (exact) mass is 380 g/mol. The fourth-order valence-corrected chi connectivity index (χ4v) is 2.87. The van der Waals surface area contributed by atoms with E-state index in [2.05, 4.69) is 10.3 Å². The number of amides is 1. The molecule has 1 aromatic heterocycles. The van der Waals surface area contributed by atoms with Gasteiger partial charge < -0.3 is 24.5 Å². The molecule has 0 fully saturated rings. The van der Waals surface area contributed by atoms with E-state index in [9.17, 15) is 14.4 Å². The predicted molar refractivity (Wildman–Crippen MR) is 101 cm³/mol. The van der Waals surface area contributed by atoms with Gasteiger partial charge in [0.25, 0.3) is 5.91 Å². The van der Waals surface area contributed by atoms with Crippen molar-refractivity contribution in [2.24, 2.45) is 0 Å². The molecule has 1 aliphatic rings. The van der Waals surface area contributed by atoms with Crippen LogP contribution in [0, 0.1) is 0 Å². The highest BCUT2D eigenvalue weighted by Crippen LogP contribution is 2.34. The summed E-state index contributed by atoms with van der Waals surface area (Å²) in [7, 11) is 0. The van der Waals surface area contributed by atoms with Gasteiger partial charge in [-0.1, -0.05) is 18.2 Å². The lowest BCUT2D eigenvalue weighted by atomic mass is 10.1. The number of ether oxygens (including phenoxy) is 3. The summed E-state index contributed by atoms with van der Waals surface area (Å²) in [5.41, 5.74) is 0.670. The number of aromatic nitrogens is 1. The van der Waals surface area contributed by atoms with Crippen molar-refractivity contribution in [1.29, 1.82) is 0 Å². The Labute approximate surface area is 159 Å². The number of H-pyrrole nitrogens is 1. The number of hydrogen-bond acceptors (Lipinski definition) is 6. The van der Waals surface area contributed by atoms with Crippen molar-refractivity contribution in [2.45, 2.75) is 13.0 Å². The summed E-state index contributed by atoms with van der Waals surface area (Å²) in [4.78, 5) is 39.4. The Morgan fingerprint density at radius 1 is 1.11 bits per heavy atom. The number of aromatic amines is 1. The number of anilines is 1. The molecule has 0 bridgehead atoms. The van der Waals surface area contributed by atoms with Crippen molar-refractivity contribution in [1.82, 2.24) is 4.98 Å². The second kappa shape index (κ2) is 7.07. The van der Waals surface area contributed by atoms with Crippen LogP contribution in [-0.2, 0) is 9.53 Å². The largest absolute Gasteiger partial charge is 0.454 e. The van der Waals surface area contributed by atoms with Gasteiger partial charge in [0.2, 0.25) is 12.4 Å². The lowest BCUT2D eigenvalue weighted by molar-refractivity contribution is -0.123. The Hall–Kier alpha value is -3.81. The first-order valence-electron chi connectivity index (χ1n) is 8.55. The first kappa shape index (κ1) is 17.6. The highest BCUT2D eigenvalue weighted by Gasteiger charge is 2.22. The van der Waals surface area contributed by atoms with Crippen molar-refractivity contribution < 1.29 is 23.8 Å². The maximum atomic E-state index is 12.5. The van der Waals surface area contributed by atoms with Crippen LogP contribution in [0.25, 0.3) is 10.9 Å². The molecule has 8 heteroatoms. The number of carbonyl (C=O) groups is 2. The van der Waals surface area contributed by atoms with Crippen LogP contribution in [0.4, 0.5) is 5.69 Å². The molecule has 0 spiro atoms. The Bertz CT molecular complexity index is 1140. The van der Waals surface area contributed by atoms with E-state index in [0.717, 1.165) is 6.07 Å². The Morgan fingerprint density at radius 2 is 1.89 bits per heavy atom. The van der Waals surface area contributed by atoms with Gasteiger partial charge in [-0.25, -0.2) is 4.79 Å². The van der Waals surface area contributed by atoms with Crippen LogP contribution in [0.3, 0.4) is 0 Å². The summed E-state index contributed by atoms with van der Waals surface area (Å²) in [6.45, 7) is 1.58. The highest BCUT2D eigenvalue weighted by atomic mass is 16.7. The first-order chi connectivity index (χ1) is 13.5. The van der Waals surface area contributed by atoms with E-state index in [-0.39, 0.29) is 12.4 Å². The van der Waals surface area contributed by atoms with Crippen molar-refractivity contribution in [3.05, 3.63) is 64.4 Å². The SMILES string of the molecule is C[C@@H](OC(=O)c1cc(=O)[nH]c2ccccc12)C(=O)Nc1ccc2c(c1)OCO2. The van der Waals surface area contributed by atoms with Crippen LogP contribution < -0.4 is 20.3 Å². The van der Waals surface area contributed by atoms with Crippen molar-refractivity contribution in [3.8, 4) is 11.5 Å². The van der Waals surface area contributed by atoms with Crippen molar-refractivity contribution >= 4 is 28.5 Å². The minimum Gasteiger partial charge on any atom is -0.454 e. The number of para-hydroxylation sites is 1. The molecule has 1 atom stereocenters. The molecule has 1 aliphatic heterocycles. The number of esters is 1. The highest BCUT2D eigenvalue weighted by molar-refractivity contribution is 6.04. The number of fused-ring (bicyclic) bond motifs is 2. The zero-order chi connectivity index (χ0) is 19.7. The summed E-state index contributed by atoms with van der Waals surface area (Å²) >= 11 is 0. The van der Waals surface area contributed by atoms with Gasteiger partial charge in [-0.15, -0.1) is 0 Å². The first-order valence-corrected chi connectivity index (χ1v) is 8.55. The normalized spacial score (nSPS) is 13.2. The van der Waals surface area contributed by atoms with E-state index in [1.165, 1.54) is 6.92 Å². The quantitative estimate of drug-likeness (QED) is 0.674. The lowest BCUT2D eigenvalue weighted by Crippen LogP contribution is -2.30. The zero-order valence-corrected chi connectivity index (χ0v) is 14.9. The Morgan fingerprint density at radius 3 is 2.75 bits per heavy atom. The summed E-state index contributed by atoms with van der Waals surface area (Å²) < 4.78 is 15.8. The van der Waals surface area contributed by atoms with Gasteiger partial charge >= 0.3 is 5.97 Å². The minimum atomic E-state index is -1.07. The molecule has 0 unspecified atom stereocenters. The van der Waals surface area contributed by atoms with Crippen molar-refractivity contribution in [2.75, 3.05) is 12.1 Å². The molecule has 3 aromatic rings. The van der Waals surface area contributed by atoms with Gasteiger partial charge in [0.1, 0.15) is 0 Å². The average molecular weight is 380 g/mol. The van der Waals surface area contributed by atoms with Gasteiger partial charge in [0, 0.05) is 28.7 Å². The fourth-order valence-electron chi connectivity index (χ4n) is 2.87. The van der Waals surface area contributed by atoms with Crippen LogP contribution in [0.15, 0.2) is 53.3 Å². The molecule has 2 heterocycles. The van der Waals surface area contributed by atoms with Crippen molar-refractivity contribution in [3.63, 3.8) is 0 Å². The summed E-state index contributed by atoms with van der Waals surface area (Å²) in [6.07, 6.45) is -1.07. The molecule has 2 aromatic carbocycles. The summed E-state index contributed by atoms with van der Waals surface area (Å²) in [5.74, 6) is -0.145. The molecule has 142 valence electrons. The maximum absolute atomic E-state index is 12.5. The molecular weight excluding hydrogens is 364 g/mol. The van der Waals surface area contributed by atoms with Crippen LogP contribution in [0.1, 0.15) is 17.3 Å². The van der Waals surface area contributed by atoms with Crippen LogP contribution >= 0.6 is 0 Å². The predicted octanol–water partition coefficient (Wildman–Crippen LogP) is 2.44. The second-order valence-corrected chi connectivity index (χ2v) is 6.20. The lowest BCUT2D eigenvalue weighted by Gasteiger charge is -2.14. The number of hydrogen-bond donors (Lipinski definition) is 2. The van der Waals surface area contributed by atoms with Gasteiger partial charge in [-0.05, 0) is 25.1 Å². The van der Waals surface area contributed by atoms with E-state index < -0.39 is 23.5 Å². The maximum Gasteiger partial charge on any atom is 0.339 e. The molecule has 1 amide bonds. The van der Waals surface area contributed by atoms with Gasteiger partial charge in [0.05, 0.1) is 5.56 Å². The Balaban J connectivity index is 1.49. The molecule has 0 radical (unpaired) electrons. The number of nitrogens with one attached hydrogen (secondary N) is 2. The molecule has 28 heavy (non-hydrogen) atoms. The van der Waals surface area contributed by atoms with E-state index in [0.29, 0.717) is 28.1 Å². The standard InChI is InChI=1S/C20H16N2O6/c1-11(19(24)21-12-6-7-16-17(8-12)27-10-26-16)28-20(25)14-9-18(23)22-15-5-3-2-4-13(14)15/h2-9,11H,10H2,1H3,(H,21,24)(H,22,23)/t11-/m1/s1. The van der Waals surface area contributed by atoms with E-state index >= 15 is 0 Å². The Kier molecular flexibility index (Phi) is 4.44. The van der Waals surface area contributed by atoms with Crippen LogP contribution in [0.2, 0.25) is 0 Å². The van der Waals surface area contributed by atoms with Gasteiger partial charge in [0.15, 0.2) is 17.6 Å². The minimum absolute atomic E-state index is 0.0991. The number of carbonyl (C=O) groups excluding carboxylic acids is 2. The number of rotatable bonds is 4.